The van der Waals surface area contributed by atoms with Crippen LogP contribution in [-0.4, -0.2) is 30.0 Å². The van der Waals surface area contributed by atoms with E-state index in [0.29, 0.717) is 5.69 Å². The molecule has 1 atom stereocenters. The molecule has 20 heavy (non-hydrogen) atoms. The highest BCUT2D eigenvalue weighted by molar-refractivity contribution is 5.95. The van der Waals surface area contributed by atoms with Gasteiger partial charge in [0.15, 0.2) is 0 Å². The molecule has 0 unspecified atom stereocenters. The van der Waals surface area contributed by atoms with Crippen LogP contribution >= 0.6 is 0 Å². The van der Waals surface area contributed by atoms with Crippen molar-refractivity contribution in [3.05, 3.63) is 30.1 Å². The lowest BCUT2D eigenvalue weighted by Gasteiger charge is -2.28. The van der Waals surface area contributed by atoms with E-state index in [2.05, 4.69) is 10.3 Å². The van der Waals surface area contributed by atoms with Gasteiger partial charge in [-0.15, -0.1) is 0 Å². The van der Waals surface area contributed by atoms with Crippen LogP contribution < -0.4 is 5.32 Å². The van der Waals surface area contributed by atoms with E-state index in [1.54, 1.807) is 24.4 Å². The molecule has 1 saturated carbocycles. The number of nitrogens with one attached hydrogen (secondary N) is 1. The van der Waals surface area contributed by atoms with Gasteiger partial charge in [0.05, 0.1) is 7.11 Å². The molecule has 0 bridgehead atoms. The van der Waals surface area contributed by atoms with E-state index in [1.807, 2.05) is 0 Å². The van der Waals surface area contributed by atoms with Crippen LogP contribution in [0.5, 0.6) is 0 Å². The van der Waals surface area contributed by atoms with Crippen LogP contribution in [0.3, 0.4) is 0 Å². The average molecular weight is 276 g/mol. The molecule has 1 aliphatic rings. The van der Waals surface area contributed by atoms with Crippen LogP contribution in [-0.2, 0) is 9.53 Å². The van der Waals surface area contributed by atoms with E-state index in [1.165, 1.54) is 13.5 Å². The number of ether oxygens (including phenoxy) is 1. The minimum atomic E-state index is -0.574. The lowest BCUT2D eigenvalue weighted by molar-refractivity contribution is -0.144. The van der Waals surface area contributed by atoms with Crippen LogP contribution in [0.4, 0.5) is 0 Å². The Labute approximate surface area is 118 Å². The number of hydrogen-bond acceptors (Lipinski definition) is 4. The summed E-state index contributed by atoms with van der Waals surface area (Å²) >= 11 is 0. The maximum absolute atomic E-state index is 12.1. The molecule has 0 aromatic carbocycles. The van der Waals surface area contributed by atoms with Gasteiger partial charge in [-0.25, -0.2) is 4.79 Å². The molecule has 0 radical (unpaired) electrons. The zero-order valence-electron chi connectivity index (χ0n) is 11.7. The lowest BCUT2D eigenvalue weighted by atomic mass is 9.84. The first-order valence-electron chi connectivity index (χ1n) is 7.02. The maximum atomic E-state index is 12.1. The Bertz CT molecular complexity index is 455. The number of hydrogen-bond donors (Lipinski definition) is 1. The van der Waals surface area contributed by atoms with Crippen molar-refractivity contribution in [2.75, 3.05) is 7.11 Å². The highest BCUT2D eigenvalue weighted by Gasteiger charge is 2.32. The van der Waals surface area contributed by atoms with Gasteiger partial charge < -0.3 is 10.1 Å². The highest BCUT2D eigenvalue weighted by atomic mass is 16.5. The molecule has 0 aliphatic heterocycles. The molecule has 2 rings (SSSR count). The van der Waals surface area contributed by atoms with Gasteiger partial charge in [-0.1, -0.05) is 25.3 Å². The van der Waals surface area contributed by atoms with Gasteiger partial charge in [-0.2, -0.15) is 0 Å². The Morgan fingerprint density at radius 3 is 2.65 bits per heavy atom. The molecule has 1 amide bonds. The van der Waals surface area contributed by atoms with Gasteiger partial charge in [0.2, 0.25) is 0 Å². The van der Waals surface area contributed by atoms with Crippen LogP contribution in [0.1, 0.15) is 42.6 Å². The largest absolute Gasteiger partial charge is 0.467 e. The van der Waals surface area contributed by atoms with E-state index in [4.69, 9.17) is 4.74 Å². The van der Waals surface area contributed by atoms with Crippen molar-refractivity contribution in [3.63, 3.8) is 0 Å². The molecule has 1 N–H and O–H groups in total. The van der Waals surface area contributed by atoms with E-state index in [0.717, 1.165) is 25.7 Å². The van der Waals surface area contributed by atoms with Gasteiger partial charge in [0.1, 0.15) is 11.7 Å². The van der Waals surface area contributed by atoms with E-state index in [-0.39, 0.29) is 17.8 Å². The van der Waals surface area contributed by atoms with Crippen LogP contribution in [0, 0.1) is 5.92 Å². The summed E-state index contributed by atoms with van der Waals surface area (Å²) in [4.78, 5) is 28.1. The number of esters is 1. The van der Waals surface area contributed by atoms with E-state index < -0.39 is 6.04 Å². The normalized spacial score (nSPS) is 17.2. The standard InChI is InChI=1S/C15H20N2O3/c1-20-15(19)13(11-7-3-2-4-8-11)17-14(18)12-9-5-6-10-16-12/h5-6,9-11,13H,2-4,7-8H2,1H3,(H,17,18)/t13-/m1/s1. The summed E-state index contributed by atoms with van der Waals surface area (Å²) in [6.07, 6.45) is 6.83. The summed E-state index contributed by atoms with van der Waals surface area (Å²) in [5.74, 6) is -0.545. The fraction of sp³-hybridized carbons (Fsp3) is 0.533. The Morgan fingerprint density at radius 1 is 1.30 bits per heavy atom. The highest BCUT2D eigenvalue weighted by Crippen LogP contribution is 2.27. The van der Waals surface area contributed by atoms with Gasteiger partial charge in [0.25, 0.3) is 5.91 Å². The third-order valence-corrected chi connectivity index (χ3v) is 3.76. The van der Waals surface area contributed by atoms with Gasteiger partial charge >= 0.3 is 5.97 Å². The number of aromatic nitrogens is 1. The van der Waals surface area contributed by atoms with Crippen LogP contribution in [0.15, 0.2) is 24.4 Å². The Balaban J connectivity index is 2.07. The molecule has 1 aliphatic carbocycles. The van der Waals surface area contributed by atoms with E-state index in [9.17, 15) is 9.59 Å². The number of carbonyl (C=O) groups excluding carboxylic acids is 2. The molecular weight excluding hydrogens is 256 g/mol. The molecule has 5 heteroatoms. The van der Waals surface area contributed by atoms with Crippen molar-refractivity contribution in [1.82, 2.24) is 10.3 Å². The average Bonchev–Trinajstić information content (AvgIpc) is 2.53. The summed E-state index contributed by atoms with van der Waals surface area (Å²) < 4.78 is 4.83. The molecule has 5 nitrogen and oxygen atoms in total. The summed E-state index contributed by atoms with van der Waals surface area (Å²) in [6, 6.07) is 4.55. The molecule has 1 aromatic heterocycles. The molecule has 1 heterocycles. The van der Waals surface area contributed by atoms with Crippen molar-refractivity contribution in [3.8, 4) is 0 Å². The zero-order valence-corrected chi connectivity index (χ0v) is 11.7. The van der Waals surface area contributed by atoms with Gasteiger partial charge in [-0.3, -0.25) is 9.78 Å². The first-order valence-corrected chi connectivity index (χ1v) is 7.02. The third-order valence-electron chi connectivity index (χ3n) is 3.76. The molecule has 1 fully saturated rings. The van der Waals surface area contributed by atoms with E-state index >= 15 is 0 Å². The second kappa shape index (κ2) is 7.03. The summed E-state index contributed by atoms with van der Waals surface area (Å²) in [5.41, 5.74) is 0.317. The van der Waals surface area contributed by atoms with Crippen molar-refractivity contribution in [1.29, 1.82) is 0 Å². The number of rotatable bonds is 4. The Hall–Kier alpha value is -1.91. The maximum Gasteiger partial charge on any atom is 0.328 e. The first kappa shape index (κ1) is 14.5. The monoisotopic (exact) mass is 276 g/mol. The minimum Gasteiger partial charge on any atom is -0.467 e. The fourth-order valence-electron chi connectivity index (χ4n) is 2.68. The van der Waals surface area contributed by atoms with Crippen molar-refractivity contribution in [2.45, 2.75) is 38.1 Å². The SMILES string of the molecule is COC(=O)[C@H](NC(=O)c1ccccn1)C1CCCCC1. The predicted molar refractivity (Wildman–Crippen MR) is 74.1 cm³/mol. The Morgan fingerprint density at radius 2 is 2.05 bits per heavy atom. The van der Waals surface area contributed by atoms with Crippen LogP contribution in [0.2, 0.25) is 0 Å². The van der Waals surface area contributed by atoms with Crippen molar-refractivity contribution in [2.24, 2.45) is 5.92 Å². The van der Waals surface area contributed by atoms with Gasteiger partial charge in [-0.05, 0) is 30.9 Å². The van der Waals surface area contributed by atoms with Crippen molar-refractivity contribution >= 4 is 11.9 Å². The minimum absolute atomic E-state index is 0.156. The predicted octanol–water partition coefficient (Wildman–Crippen LogP) is 1.93. The topological polar surface area (TPSA) is 68.3 Å². The van der Waals surface area contributed by atoms with Crippen LogP contribution in [0.25, 0.3) is 0 Å². The first-order chi connectivity index (χ1) is 9.72. The number of carbonyl (C=O) groups is 2. The second-order valence-corrected chi connectivity index (χ2v) is 5.09. The third kappa shape index (κ3) is 3.56. The second-order valence-electron chi connectivity index (χ2n) is 5.09. The molecule has 1 aromatic rings. The van der Waals surface area contributed by atoms with Gasteiger partial charge in [0, 0.05) is 6.20 Å². The molecule has 108 valence electrons. The summed E-state index contributed by atoms with van der Waals surface area (Å²) in [6.45, 7) is 0. The zero-order chi connectivity index (χ0) is 14.4. The fourth-order valence-corrected chi connectivity index (χ4v) is 2.68. The molecular formula is C15H20N2O3. The number of nitrogens with zero attached hydrogens (tertiary/aromatic N) is 1. The Kier molecular flexibility index (Phi) is 5.09. The smallest absolute Gasteiger partial charge is 0.328 e. The summed E-state index contributed by atoms with van der Waals surface area (Å²) in [7, 11) is 1.35. The number of amides is 1. The molecule has 0 saturated heterocycles. The number of pyridine rings is 1. The van der Waals surface area contributed by atoms with Crippen molar-refractivity contribution < 1.29 is 14.3 Å². The summed E-state index contributed by atoms with van der Waals surface area (Å²) in [5, 5.41) is 2.78. The quantitative estimate of drug-likeness (QED) is 0.853. The number of methoxy groups -OCH3 is 1. The lowest BCUT2D eigenvalue weighted by Crippen LogP contribution is -2.47. The molecule has 0 spiro atoms.